The summed E-state index contributed by atoms with van der Waals surface area (Å²) in [5.41, 5.74) is 0.307. The van der Waals surface area contributed by atoms with Crippen LogP contribution >= 0.6 is 0 Å². The zero-order chi connectivity index (χ0) is 14.9. The molecule has 0 aliphatic heterocycles. The first-order chi connectivity index (χ1) is 9.27. The van der Waals surface area contributed by atoms with Crippen LogP contribution < -0.4 is 5.32 Å². The van der Waals surface area contributed by atoms with Gasteiger partial charge in [0.2, 0.25) is 0 Å². The SMILES string of the molecule is O=C(O)c1ccc2nc(NC(=O)C(F)(F)F)ccc2c1. The summed E-state index contributed by atoms with van der Waals surface area (Å²) in [5.74, 6) is -3.50. The van der Waals surface area contributed by atoms with Crippen molar-refractivity contribution >= 4 is 28.6 Å². The van der Waals surface area contributed by atoms with E-state index in [4.69, 9.17) is 5.11 Å². The maximum atomic E-state index is 12.1. The molecule has 0 aliphatic rings. The normalized spacial score (nSPS) is 11.3. The second-order valence-corrected chi connectivity index (χ2v) is 3.86. The number of carbonyl (C=O) groups excluding carboxylic acids is 1. The van der Waals surface area contributed by atoms with Crippen molar-refractivity contribution < 1.29 is 27.9 Å². The highest BCUT2D eigenvalue weighted by atomic mass is 19.4. The Labute approximate surface area is 110 Å². The van der Waals surface area contributed by atoms with Crippen molar-refractivity contribution in [1.29, 1.82) is 0 Å². The van der Waals surface area contributed by atoms with Gasteiger partial charge in [-0.25, -0.2) is 9.78 Å². The van der Waals surface area contributed by atoms with Gasteiger partial charge in [-0.1, -0.05) is 0 Å². The Hall–Kier alpha value is -2.64. The number of alkyl halides is 3. The zero-order valence-corrected chi connectivity index (χ0v) is 9.73. The van der Waals surface area contributed by atoms with Crippen molar-refractivity contribution in [1.82, 2.24) is 4.98 Å². The minimum Gasteiger partial charge on any atom is -0.478 e. The summed E-state index contributed by atoms with van der Waals surface area (Å²) in [4.78, 5) is 25.3. The number of carbonyl (C=O) groups is 2. The molecule has 1 heterocycles. The van der Waals surface area contributed by atoms with Crippen molar-refractivity contribution in [3.63, 3.8) is 0 Å². The van der Waals surface area contributed by atoms with Gasteiger partial charge >= 0.3 is 18.1 Å². The number of aromatic nitrogens is 1. The molecule has 0 saturated carbocycles. The number of hydrogen-bond acceptors (Lipinski definition) is 3. The fraction of sp³-hybridized carbons (Fsp3) is 0.0833. The Morgan fingerprint density at radius 3 is 2.45 bits per heavy atom. The van der Waals surface area contributed by atoms with E-state index in [9.17, 15) is 22.8 Å². The van der Waals surface area contributed by atoms with E-state index in [0.717, 1.165) is 6.07 Å². The monoisotopic (exact) mass is 284 g/mol. The van der Waals surface area contributed by atoms with Gasteiger partial charge in [0.05, 0.1) is 11.1 Å². The highest BCUT2D eigenvalue weighted by molar-refractivity contribution is 5.96. The van der Waals surface area contributed by atoms with Crippen LogP contribution in [0.5, 0.6) is 0 Å². The summed E-state index contributed by atoms with van der Waals surface area (Å²) in [7, 11) is 0. The standard InChI is InChI=1S/C12H7F3N2O3/c13-12(14,15)11(20)17-9-4-2-6-5-7(10(18)19)1-3-8(6)16-9/h1-5H,(H,18,19)(H,16,17,20). The number of anilines is 1. The molecule has 1 aromatic heterocycles. The number of carboxylic acid groups (broad SMARTS) is 1. The number of nitrogens with zero attached hydrogens (tertiary/aromatic N) is 1. The first-order valence-electron chi connectivity index (χ1n) is 5.29. The molecular weight excluding hydrogens is 277 g/mol. The van der Waals surface area contributed by atoms with Gasteiger partial charge in [0.1, 0.15) is 5.82 Å². The number of hydrogen-bond donors (Lipinski definition) is 2. The maximum Gasteiger partial charge on any atom is 0.471 e. The number of fused-ring (bicyclic) bond motifs is 1. The van der Waals surface area contributed by atoms with Crippen LogP contribution in [0.4, 0.5) is 19.0 Å². The van der Waals surface area contributed by atoms with Crippen molar-refractivity contribution in [2.24, 2.45) is 0 Å². The molecule has 0 atom stereocenters. The minimum atomic E-state index is -5.00. The molecule has 5 nitrogen and oxygen atoms in total. The fourth-order valence-electron chi connectivity index (χ4n) is 1.52. The molecule has 8 heteroatoms. The number of rotatable bonds is 2. The van der Waals surface area contributed by atoms with Gasteiger partial charge in [-0.2, -0.15) is 13.2 Å². The lowest BCUT2D eigenvalue weighted by Gasteiger charge is -2.08. The topological polar surface area (TPSA) is 79.3 Å². The third-order valence-corrected chi connectivity index (χ3v) is 2.44. The van der Waals surface area contributed by atoms with Crippen LogP contribution in [0.1, 0.15) is 10.4 Å². The van der Waals surface area contributed by atoms with Crippen LogP contribution in [0.15, 0.2) is 30.3 Å². The second-order valence-electron chi connectivity index (χ2n) is 3.86. The third kappa shape index (κ3) is 2.85. The summed E-state index contributed by atoms with van der Waals surface area (Å²) in [6, 6.07) is 6.49. The van der Waals surface area contributed by atoms with Gasteiger partial charge in [0, 0.05) is 5.39 Å². The summed E-state index contributed by atoms with van der Waals surface area (Å²) >= 11 is 0. The fourth-order valence-corrected chi connectivity index (χ4v) is 1.52. The highest BCUT2D eigenvalue weighted by Crippen LogP contribution is 2.20. The first-order valence-corrected chi connectivity index (χ1v) is 5.29. The summed E-state index contributed by atoms with van der Waals surface area (Å²) in [5, 5.41) is 10.9. The maximum absolute atomic E-state index is 12.1. The molecule has 104 valence electrons. The average Bonchev–Trinajstić information content (AvgIpc) is 2.36. The van der Waals surface area contributed by atoms with Crippen LogP contribution in [-0.4, -0.2) is 28.1 Å². The van der Waals surface area contributed by atoms with Crippen molar-refractivity contribution in [3.8, 4) is 0 Å². The molecule has 0 bridgehead atoms. The number of halogens is 3. The largest absolute Gasteiger partial charge is 0.478 e. The van der Waals surface area contributed by atoms with Crippen LogP contribution in [0.2, 0.25) is 0 Å². The zero-order valence-electron chi connectivity index (χ0n) is 9.73. The number of carboxylic acids is 1. The Morgan fingerprint density at radius 2 is 1.85 bits per heavy atom. The molecule has 0 aliphatic carbocycles. The van der Waals surface area contributed by atoms with Gasteiger partial charge in [-0.3, -0.25) is 4.79 Å². The molecule has 2 N–H and O–H groups in total. The summed E-state index contributed by atoms with van der Waals surface area (Å²) in [6.07, 6.45) is -5.00. The van der Waals surface area contributed by atoms with E-state index in [-0.39, 0.29) is 16.9 Å². The number of aromatic carboxylic acids is 1. The van der Waals surface area contributed by atoms with E-state index in [0.29, 0.717) is 5.39 Å². The summed E-state index contributed by atoms with van der Waals surface area (Å²) < 4.78 is 36.3. The molecule has 1 aromatic carbocycles. The molecule has 0 unspecified atom stereocenters. The molecule has 0 spiro atoms. The molecule has 0 saturated heterocycles. The van der Waals surface area contributed by atoms with Gasteiger partial charge in [0.15, 0.2) is 0 Å². The smallest absolute Gasteiger partial charge is 0.471 e. The number of nitrogens with one attached hydrogen (secondary N) is 1. The molecular formula is C12H7F3N2O3. The van der Waals surface area contributed by atoms with Crippen molar-refractivity contribution in [2.75, 3.05) is 5.32 Å². The molecule has 0 radical (unpaired) electrons. The Bertz CT molecular complexity index is 698. The predicted molar refractivity (Wildman–Crippen MR) is 63.4 cm³/mol. The van der Waals surface area contributed by atoms with Gasteiger partial charge < -0.3 is 10.4 Å². The molecule has 1 amide bonds. The van der Waals surface area contributed by atoms with E-state index in [1.807, 2.05) is 0 Å². The lowest BCUT2D eigenvalue weighted by Crippen LogP contribution is -2.30. The van der Waals surface area contributed by atoms with Crippen LogP contribution in [0.3, 0.4) is 0 Å². The van der Waals surface area contributed by atoms with E-state index in [1.165, 1.54) is 24.3 Å². The molecule has 0 fully saturated rings. The number of amides is 1. The number of benzene rings is 1. The van der Waals surface area contributed by atoms with Crippen LogP contribution in [0.25, 0.3) is 10.9 Å². The van der Waals surface area contributed by atoms with Crippen molar-refractivity contribution in [2.45, 2.75) is 6.18 Å². The van der Waals surface area contributed by atoms with Crippen molar-refractivity contribution in [3.05, 3.63) is 35.9 Å². The van der Waals surface area contributed by atoms with Crippen LogP contribution in [0, 0.1) is 0 Å². The van der Waals surface area contributed by atoms with Crippen LogP contribution in [-0.2, 0) is 4.79 Å². The second kappa shape index (κ2) is 4.80. The Balaban J connectivity index is 2.33. The van der Waals surface area contributed by atoms with E-state index < -0.39 is 18.1 Å². The van der Waals surface area contributed by atoms with Gasteiger partial charge in [0.25, 0.3) is 0 Å². The molecule has 2 rings (SSSR count). The van der Waals surface area contributed by atoms with Gasteiger partial charge in [-0.15, -0.1) is 0 Å². The summed E-state index contributed by atoms with van der Waals surface area (Å²) in [6.45, 7) is 0. The number of pyridine rings is 1. The quantitative estimate of drug-likeness (QED) is 0.887. The molecule has 20 heavy (non-hydrogen) atoms. The minimum absolute atomic E-state index is 0.0337. The predicted octanol–water partition coefficient (Wildman–Crippen LogP) is 2.43. The Kier molecular flexibility index (Phi) is 3.31. The Morgan fingerprint density at radius 1 is 1.15 bits per heavy atom. The van der Waals surface area contributed by atoms with E-state index in [1.54, 1.807) is 5.32 Å². The first kappa shape index (κ1) is 13.8. The lowest BCUT2D eigenvalue weighted by molar-refractivity contribution is -0.167. The third-order valence-electron chi connectivity index (χ3n) is 2.44. The van der Waals surface area contributed by atoms with Gasteiger partial charge in [-0.05, 0) is 30.3 Å². The highest BCUT2D eigenvalue weighted by Gasteiger charge is 2.38. The van der Waals surface area contributed by atoms with E-state index in [2.05, 4.69) is 4.98 Å². The average molecular weight is 284 g/mol. The molecule has 2 aromatic rings. The lowest BCUT2D eigenvalue weighted by atomic mass is 10.1. The van der Waals surface area contributed by atoms with E-state index >= 15 is 0 Å².